The van der Waals surface area contributed by atoms with Crippen LogP contribution < -0.4 is 10.6 Å². The molecule has 16 atom stereocenters. The summed E-state index contributed by atoms with van der Waals surface area (Å²) in [5.74, 6) is 11.3. The van der Waals surface area contributed by atoms with Crippen molar-refractivity contribution in [1.82, 2.24) is 10.6 Å². The number of rotatable bonds is 1. The van der Waals surface area contributed by atoms with Crippen LogP contribution in [0, 0.1) is 76.9 Å². The van der Waals surface area contributed by atoms with Gasteiger partial charge in [0.05, 0.1) is 0 Å². The average molecular weight is 471 g/mol. The molecule has 0 aromatic rings. The van der Waals surface area contributed by atoms with Gasteiger partial charge in [-0.3, -0.25) is 0 Å². The molecule has 5 rings (SSSR count). The monoisotopic (exact) mass is 470 g/mol. The summed E-state index contributed by atoms with van der Waals surface area (Å²) in [6, 6.07) is 2.97. The second-order valence-electron chi connectivity index (χ2n) is 15.0. The van der Waals surface area contributed by atoms with Gasteiger partial charge >= 0.3 is 0 Å². The van der Waals surface area contributed by atoms with Gasteiger partial charge in [-0.2, -0.15) is 0 Å². The van der Waals surface area contributed by atoms with Crippen LogP contribution in [0.5, 0.6) is 0 Å². The molecular weight excluding hydrogens is 412 g/mol. The van der Waals surface area contributed by atoms with Gasteiger partial charge in [0, 0.05) is 24.2 Å². The number of hydrogen-bond donors (Lipinski definition) is 2. The van der Waals surface area contributed by atoms with Crippen molar-refractivity contribution in [2.24, 2.45) is 76.9 Å². The van der Waals surface area contributed by atoms with Gasteiger partial charge in [0.2, 0.25) is 0 Å². The van der Waals surface area contributed by atoms with Crippen molar-refractivity contribution in [3.63, 3.8) is 0 Å². The first kappa shape index (κ1) is 25.6. The summed E-state index contributed by atoms with van der Waals surface area (Å²) < 4.78 is 0. The Balaban J connectivity index is 1.44. The van der Waals surface area contributed by atoms with Crippen LogP contribution in [-0.4, -0.2) is 24.2 Å². The van der Waals surface area contributed by atoms with Crippen LogP contribution in [0.15, 0.2) is 0 Å². The largest absolute Gasteiger partial charge is 0.311 e. The van der Waals surface area contributed by atoms with Crippen molar-refractivity contribution in [2.75, 3.05) is 0 Å². The normalized spacial score (nSPS) is 58.1. The minimum atomic E-state index is 0.738. The van der Waals surface area contributed by atoms with Gasteiger partial charge in [0.15, 0.2) is 0 Å². The molecule has 8 bridgehead atoms. The van der Waals surface area contributed by atoms with E-state index in [0.29, 0.717) is 0 Å². The van der Waals surface area contributed by atoms with E-state index in [0.717, 1.165) is 101 Å². The highest BCUT2D eigenvalue weighted by Crippen LogP contribution is 2.52. The highest BCUT2D eigenvalue weighted by molar-refractivity contribution is 5.04. The fraction of sp³-hybridized carbons (Fsp3) is 1.00. The van der Waals surface area contributed by atoms with E-state index < -0.39 is 0 Å². The van der Waals surface area contributed by atoms with Gasteiger partial charge in [-0.05, 0) is 115 Å². The molecule has 3 aliphatic heterocycles. The van der Waals surface area contributed by atoms with E-state index in [2.05, 4.69) is 72.9 Å². The Morgan fingerprint density at radius 2 is 0.735 bits per heavy atom. The quantitative estimate of drug-likeness (QED) is 0.422. The molecule has 2 N–H and O–H groups in total. The summed E-state index contributed by atoms with van der Waals surface area (Å²) in [6.07, 6.45) is 8.66. The predicted molar refractivity (Wildman–Crippen MR) is 146 cm³/mol. The molecule has 196 valence electrons. The first-order valence-electron chi connectivity index (χ1n) is 15.6. The molecule has 5 fully saturated rings. The molecule has 5 aliphatic rings. The van der Waals surface area contributed by atoms with Crippen LogP contribution >= 0.6 is 0 Å². The van der Waals surface area contributed by atoms with Gasteiger partial charge in [0.25, 0.3) is 0 Å². The summed E-state index contributed by atoms with van der Waals surface area (Å²) >= 11 is 0. The molecule has 16 unspecified atom stereocenters. The zero-order valence-corrected chi connectivity index (χ0v) is 24.1. The lowest BCUT2D eigenvalue weighted by atomic mass is 9.75. The van der Waals surface area contributed by atoms with Crippen molar-refractivity contribution in [2.45, 2.75) is 125 Å². The third-order valence-electron chi connectivity index (χ3n) is 13.5. The molecule has 3 saturated heterocycles. The van der Waals surface area contributed by atoms with Crippen molar-refractivity contribution >= 4 is 0 Å². The third-order valence-corrected chi connectivity index (χ3v) is 13.5. The van der Waals surface area contributed by atoms with Gasteiger partial charge < -0.3 is 10.6 Å². The van der Waals surface area contributed by atoms with E-state index in [-0.39, 0.29) is 0 Å². The van der Waals surface area contributed by atoms with Crippen LogP contribution in [0.1, 0.15) is 101 Å². The van der Waals surface area contributed by atoms with E-state index >= 15 is 0 Å². The topological polar surface area (TPSA) is 24.1 Å². The molecule has 34 heavy (non-hydrogen) atoms. The summed E-state index contributed by atoms with van der Waals surface area (Å²) in [4.78, 5) is 0. The number of fused-ring (bicyclic) bond motifs is 8. The number of nitrogens with one attached hydrogen (secondary N) is 2. The van der Waals surface area contributed by atoms with Crippen LogP contribution in [0.3, 0.4) is 0 Å². The summed E-state index contributed by atoms with van der Waals surface area (Å²) in [5, 5.41) is 8.58. The Labute approximate surface area is 212 Å². The smallest absolute Gasteiger partial charge is 0.0106 e. The Kier molecular flexibility index (Phi) is 7.26. The summed E-state index contributed by atoms with van der Waals surface area (Å²) in [6.45, 7) is 23.1. The molecular formula is C32H58N2. The van der Waals surface area contributed by atoms with E-state index in [1.54, 1.807) is 0 Å². The van der Waals surface area contributed by atoms with Crippen molar-refractivity contribution in [3.8, 4) is 0 Å². The SMILES string of the molecule is CC(C)C1C2CC3CC(CC4NC(CC5CC(CC(N2)C1C)C(C)C5C)C(C)C4C)C(C)C3C. The van der Waals surface area contributed by atoms with Crippen molar-refractivity contribution in [1.29, 1.82) is 0 Å². The lowest BCUT2D eigenvalue weighted by molar-refractivity contribution is 0.224. The molecule has 0 amide bonds. The molecule has 3 heterocycles. The molecule has 0 spiro atoms. The van der Waals surface area contributed by atoms with Crippen molar-refractivity contribution < 1.29 is 0 Å². The van der Waals surface area contributed by atoms with Gasteiger partial charge in [-0.25, -0.2) is 0 Å². The lowest BCUT2D eigenvalue weighted by Crippen LogP contribution is -2.36. The lowest BCUT2D eigenvalue weighted by Gasteiger charge is -2.29. The Morgan fingerprint density at radius 1 is 0.412 bits per heavy atom. The Bertz CT molecular complexity index is 703. The second-order valence-corrected chi connectivity index (χ2v) is 15.0. The maximum absolute atomic E-state index is 4.32. The molecule has 2 nitrogen and oxygen atoms in total. The number of hydrogen-bond acceptors (Lipinski definition) is 2. The Hall–Kier alpha value is -0.0800. The zero-order chi connectivity index (χ0) is 24.5. The molecule has 2 saturated carbocycles. The van der Waals surface area contributed by atoms with E-state index in [1.165, 1.54) is 38.5 Å². The molecule has 2 heteroatoms. The van der Waals surface area contributed by atoms with Crippen LogP contribution in [0.4, 0.5) is 0 Å². The molecule has 0 radical (unpaired) electrons. The van der Waals surface area contributed by atoms with Crippen LogP contribution in [-0.2, 0) is 0 Å². The maximum Gasteiger partial charge on any atom is 0.0106 e. The molecule has 0 aromatic carbocycles. The second kappa shape index (κ2) is 9.66. The maximum atomic E-state index is 4.32. The first-order chi connectivity index (χ1) is 16.1. The van der Waals surface area contributed by atoms with Crippen molar-refractivity contribution in [3.05, 3.63) is 0 Å². The predicted octanol–water partition coefficient (Wildman–Crippen LogP) is 7.24. The minimum Gasteiger partial charge on any atom is -0.311 e. The van der Waals surface area contributed by atoms with E-state index in [9.17, 15) is 0 Å². The van der Waals surface area contributed by atoms with Gasteiger partial charge in [-0.1, -0.05) is 62.3 Å². The average Bonchev–Trinajstić information content (AvgIpc) is 3.41. The van der Waals surface area contributed by atoms with Crippen LogP contribution in [0.25, 0.3) is 0 Å². The molecule has 2 aliphatic carbocycles. The summed E-state index contributed by atoms with van der Waals surface area (Å²) in [5.41, 5.74) is 0. The highest BCUT2D eigenvalue weighted by Gasteiger charge is 2.50. The standard InChI is InChI=1S/C32H58N2/c1-16(2)32-23(9)30-14-26-10-24(17(3)18(26)4)12-28-21(7)22(8)29(33-28)13-25-11-27(15-31(32)34-30)20(6)19(25)5/h16-34H,10-15H2,1-9H3. The minimum absolute atomic E-state index is 0.738. The van der Waals surface area contributed by atoms with Gasteiger partial charge in [-0.15, -0.1) is 0 Å². The van der Waals surface area contributed by atoms with Crippen LogP contribution in [0.2, 0.25) is 0 Å². The third kappa shape index (κ3) is 4.33. The van der Waals surface area contributed by atoms with E-state index in [1.807, 2.05) is 0 Å². The fourth-order valence-corrected chi connectivity index (χ4v) is 10.5. The van der Waals surface area contributed by atoms with E-state index in [4.69, 9.17) is 0 Å². The van der Waals surface area contributed by atoms with Gasteiger partial charge in [0.1, 0.15) is 0 Å². The highest BCUT2D eigenvalue weighted by atomic mass is 15.0. The first-order valence-corrected chi connectivity index (χ1v) is 15.6. The zero-order valence-electron chi connectivity index (χ0n) is 24.1. The molecule has 0 aromatic heterocycles. The summed E-state index contributed by atoms with van der Waals surface area (Å²) in [7, 11) is 0. The Morgan fingerprint density at radius 3 is 1.12 bits per heavy atom. The fourth-order valence-electron chi connectivity index (χ4n) is 10.5.